The zero-order chi connectivity index (χ0) is 17.0. The van der Waals surface area contributed by atoms with Crippen molar-refractivity contribution in [3.05, 3.63) is 65.0 Å². The summed E-state index contributed by atoms with van der Waals surface area (Å²) in [6.45, 7) is 8.30. The molecule has 0 bridgehead atoms. The third-order valence-corrected chi connectivity index (χ3v) is 5.80. The molecule has 0 aliphatic rings. The van der Waals surface area contributed by atoms with Crippen LogP contribution in [0.4, 0.5) is 4.39 Å². The smallest absolute Gasteiger partial charge is 0.123 e. The minimum Gasteiger partial charge on any atom is -0.254 e. The van der Waals surface area contributed by atoms with Gasteiger partial charge in [-0.05, 0) is 67.5 Å². The molecule has 1 unspecified atom stereocenters. The molecule has 0 spiro atoms. The Morgan fingerprint density at radius 3 is 2.35 bits per heavy atom. The van der Waals surface area contributed by atoms with E-state index in [4.69, 9.17) is 0 Å². The van der Waals surface area contributed by atoms with Crippen LogP contribution in [0.5, 0.6) is 0 Å². The molecule has 0 heterocycles. The topological polar surface area (TPSA) is 17.1 Å². The minimum absolute atomic E-state index is 0.121. The van der Waals surface area contributed by atoms with Crippen molar-refractivity contribution in [1.29, 1.82) is 0 Å². The van der Waals surface area contributed by atoms with E-state index in [1.807, 2.05) is 44.2 Å². The average Bonchev–Trinajstić information content (AvgIpc) is 2.50. The van der Waals surface area contributed by atoms with E-state index in [0.29, 0.717) is 5.75 Å². The Balaban J connectivity index is 1.98. The second-order valence-electron chi connectivity index (χ2n) is 6.81. The number of hydrogen-bond donors (Lipinski definition) is 0. The fourth-order valence-electron chi connectivity index (χ4n) is 2.91. The summed E-state index contributed by atoms with van der Waals surface area (Å²) in [5.74, 6) is 0.447. The van der Waals surface area contributed by atoms with Crippen LogP contribution in [0.2, 0.25) is 0 Å². The van der Waals surface area contributed by atoms with Crippen molar-refractivity contribution in [3.63, 3.8) is 0 Å². The van der Waals surface area contributed by atoms with Crippen LogP contribution in [0, 0.1) is 19.7 Å². The second-order valence-corrected chi connectivity index (χ2v) is 8.38. The zero-order valence-corrected chi connectivity index (χ0v) is 15.2. The average molecular weight is 332 g/mol. The van der Waals surface area contributed by atoms with Gasteiger partial charge in [0, 0.05) is 10.6 Å². The van der Waals surface area contributed by atoms with Crippen molar-refractivity contribution in [2.24, 2.45) is 0 Å². The Kier molecular flexibility index (Phi) is 5.74. The lowest BCUT2D eigenvalue weighted by Gasteiger charge is -2.27. The summed E-state index contributed by atoms with van der Waals surface area (Å²) < 4.78 is 25.9. The quantitative estimate of drug-likeness (QED) is 0.701. The summed E-state index contributed by atoms with van der Waals surface area (Å²) in [6, 6.07) is 12.8. The van der Waals surface area contributed by atoms with Gasteiger partial charge >= 0.3 is 0 Å². The first-order valence-electron chi connectivity index (χ1n) is 8.01. The number of aryl methyl sites for hydroxylation is 2. The predicted molar refractivity (Wildman–Crippen MR) is 95.9 cm³/mol. The molecule has 0 saturated heterocycles. The highest BCUT2D eigenvalue weighted by atomic mass is 32.2. The number of halogens is 1. The second kappa shape index (κ2) is 7.39. The molecule has 0 fully saturated rings. The molecule has 23 heavy (non-hydrogen) atoms. The van der Waals surface area contributed by atoms with Gasteiger partial charge in [0.25, 0.3) is 0 Å². The van der Waals surface area contributed by atoms with Crippen LogP contribution >= 0.6 is 0 Å². The van der Waals surface area contributed by atoms with Crippen molar-refractivity contribution < 1.29 is 8.60 Å². The van der Waals surface area contributed by atoms with Crippen molar-refractivity contribution in [1.82, 2.24) is 0 Å². The van der Waals surface area contributed by atoms with Crippen LogP contribution in [0.25, 0.3) is 0 Å². The first-order chi connectivity index (χ1) is 10.8. The van der Waals surface area contributed by atoms with E-state index in [-0.39, 0.29) is 11.2 Å². The largest absolute Gasteiger partial charge is 0.254 e. The van der Waals surface area contributed by atoms with Crippen molar-refractivity contribution in [2.45, 2.75) is 50.8 Å². The molecule has 0 aliphatic heterocycles. The lowest BCUT2D eigenvalue weighted by molar-refractivity contribution is 0.467. The summed E-state index contributed by atoms with van der Waals surface area (Å²) in [6.07, 6.45) is 1.73. The van der Waals surface area contributed by atoms with E-state index < -0.39 is 10.8 Å². The molecule has 2 aromatic carbocycles. The molecule has 1 atom stereocenters. The Hall–Kier alpha value is -1.48. The maximum absolute atomic E-state index is 13.5. The van der Waals surface area contributed by atoms with Crippen molar-refractivity contribution in [3.8, 4) is 0 Å². The van der Waals surface area contributed by atoms with Crippen LogP contribution < -0.4 is 0 Å². The molecule has 0 aromatic heterocycles. The third kappa shape index (κ3) is 4.74. The van der Waals surface area contributed by atoms with E-state index in [1.165, 1.54) is 11.6 Å². The predicted octanol–water partition coefficient (Wildman–Crippen LogP) is 5.31. The standard InChI is InChI=1S/C20H25FOS/c1-15-6-10-18(11-7-15)23(22)13-5-12-20(3,4)19-14-17(21)9-8-16(19)2/h6-11,14H,5,12-13H2,1-4H3. The van der Waals surface area contributed by atoms with Crippen molar-refractivity contribution in [2.75, 3.05) is 5.75 Å². The minimum atomic E-state index is -0.967. The van der Waals surface area contributed by atoms with Crippen molar-refractivity contribution >= 4 is 10.8 Å². The van der Waals surface area contributed by atoms with Crippen LogP contribution in [0.15, 0.2) is 47.4 Å². The molecule has 2 rings (SSSR count). The van der Waals surface area contributed by atoms with E-state index in [2.05, 4.69) is 13.8 Å². The summed E-state index contributed by atoms with van der Waals surface area (Å²) in [4.78, 5) is 0.885. The molecule has 2 aromatic rings. The molecular formula is C20H25FOS. The summed E-state index contributed by atoms with van der Waals surface area (Å²) in [5.41, 5.74) is 3.20. The van der Waals surface area contributed by atoms with Crippen LogP contribution in [-0.4, -0.2) is 9.96 Å². The SMILES string of the molecule is Cc1ccc(S(=O)CCCC(C)(C)c2cc(F)ccc2C)cc1. The Morgan fingerprint density at radius 1 is 1.04 bits per heavy atom. The molecule has 0 N–H and O–H groups in total. The molecule has 0 aliphatic carbocycles. The van der Waals surface area contributed by atoms with Gasteiger partial charge in [-0.2, -0.15) is 0 Å². The molecule has 0 amide bonds. The lowest BCUT2D eigenvalue weighted by atomic mass is 9.78. The van der Waals surface area contributed by atoms with E-state index in [0.717, 1.165) is 28.9 Å². The Bertz CT molecular complexity index is 689. The zero-order valence-electron chi connectivity index (χ0n) is 14.4. The molecule has 124 valence electrons. The maximum atomic E-state index is 13.5. The Morgan fingerprint density at radius 2 is 1.70 bits per heavy atom. The Labute approximate surface area is 141 Å². The summed E-state index contributed by atoms with van der Waals surface area (Å²) in [5, 5.41) is 0. The van der Waals surface area contributed by atoms with Gasteiger partial charge in [0.2, 0.25) is 0 Å². The van der Waals surface area contributed by atoms with Crippen LogP contribution in [-0.2, 0) is 16.2 Å². The van der Waals surface area contributed by atoms with E-state index >= 15 is 0 Å². The maximum Gasteiger partial charge on any atom is 0.123 e. The molecule has 0 radical (unpaired) electrons. The number of benzene rings is 2. The summed E-state index contributed by atoms with van der Waals surface area (Å²) >= 11 is 0. The van der Waals surface area contributed by atoms with Gasteiger partial charge in [-0.1, -0.05) is 37.6 Å². The van der Waals surface area contributed by atoms with Gasteiger partial charge < -0.3 is 0 Å². The highest BCUT2D eigenvalue weighted by molar-refractivity contribution is 7.85. The summed E-state index contributed by atoms with van der Waals surface area (Å²) in [7, 11) is -0.967. The van der Waals surface area contributed by atoms with E-state index in [1.54, 1.807) is 6.07 Å². The lowest BCUT2D eigenvalue weighted by Crippen LogP contribution is -2.20. The van der Waals surface area contributed by atoms with Gasteiger partial charge in [-0.25, -0.2) is 4.39 Å². The third-order valence-electron chi connectivity index (χ3n) is 4.34. The molecule has 1 nitrogen and oxygen atoms in total. The first kappa shape index (κ1) is 17.9. The molecule has 0 saturated carbocycles. The van der Waals surface area contributed by atoms with Gasteiger partial charge in [-0.15, -0.1) is 0 Å². The van der Waals surface area contributed by atoms with Gasteiger partial charge in [0.15, 0.2) is 0 Å². The normalized spacial score (nSPS) is 13.1. The van der Waals surface area contributed by atoms with Crippen LogP contribution in [0.1, 0.15) is 43.4 Å². The molecule has 3 heteroatoms. The number of hydrogen-bond acceptors (Lipinski definition) is 1. The molecular weight excluding hydrogens is 307 g/mol. The van der Waals surface area contributed by atoms with Gasteiger partial charge in [0.05, 0.1) is 10.8 Å². The fourth-order valence-corrected chi connectivity index (χ4v) is 3.99. The fraction of sp³-hybridized carbons (Fsp3) is 0.400. The van der Waals surface area contributed by atoms with Crippen LogP contribution in [0.3, 0.4) is 0 Å². The monoisotopic (exact) mass is 332 g/mol. The van der Waals surface area contributed by atoms with Gasteiger partial charge in [0.1, 0.15) is 5.82 Å². The first-order valence-corrected chi connectivity index (χ1v) is 9.33. The van der Waals surface area contributed by atoms with Gasteiger partial charge in [-0.3, -0.25) is 4.21 Å². The number of rotatable bonds is 6. The highest BCUT2D eigenvalue weighted by Gasteiger charge is 2.23. The van der Waals surface area contributed by atoms with E-state index in [9.17, 15) is 8.60 Å². The highest BCUT2D eigenvalue weighted by Crippen LogP contribution is 2.31.